The summed E-state index contributed by atoms with van der Waals surface area (Å²) in [6, 6.07) is 1.92. The van der Waals surface area contributed by atoms with E-state index in [2.05, 4.69) is 11.6 Å². The lowest BCUT2D eigenvalue weighted by Gasteiger charge is -2.35. The third-order valence-corrected chi connectivity index (χ3v) is 5.24. The van der Waals surface area contributed by atoms with Gasteiger partial charge in [0, 0.05) is 23.4 Å². The fourth-order valence-electron chi connectivity index (χ4n) is 3.22. The Morgan fingerprint density at radius 3 is 2.38 bits per heavy atom. The molecular formula is C13H26N2S. The van der Waals surface area contributed by atoms with Gasteiger partial charge in [-0.15, -0.1) is 0 Å². The highest BCUT2D eigenvalue weighted by Gasteiger charge is 2.25. The Labute approximate surface area is 104 Å². The highest BCUT2D eigenvalue weighted by Crippen LogP contribution is 2.28. The van der Waals surface area contributed by atoms with Gasteiger partial charge in [0.25, 0.3) is 0 Å². The van der Waals surface area contributed by atoms with Gasteiger partial charge in [-0.05, 0) is 44.8 Å². The lowest BCUT2D eigenvalue weighted by Crippen LogP contribution is -2.46. The molecule has 0 aromatic rings. The topological polar surface area (TPSA) is 38.0 Å². The normalized spacial score (nSPS) is 40.9. The van der Waals surface area contributed by atoms with Crippen molar-refractivity contribution in [2.45, 2.75) is 74.7 Å². The molecule has 3 N–H and O–H groups in total. The summed E-state index contributed by atoms with van der Waals surface area (Å²) in [5.74, 6) is 0. The molecule has 94 valence electrons. The van der Waals surface area contributed by atoms with Crippen LogP contribution in [0.1, 0.15) is 51.4 Å². The Morgan fingerprint density at radius 1 is 1.00 bits per heavy atom. The Kier molecular flexibility index (Phi) is 4.98. The van der Waals surface area contributed by atoms with Crippen molar-refractivity contribution < 1.29 is 0 Å². The van der Waals surface area contributed by atoms with Gasteiger partial charge < -0.3 is 11.1 Å². The average molecular weight is 242 g/mol. The molecular weight excluding hydrogens is 216 g/mol. The van der Waals surface area contributed by atoms with Crippen molar-refractivity contribution in [1.82, 2.24) is 5.32 Å². The number of hydrogen-bond acceptors (Lipinski definition) is 3. The van der Waals surface area contributed by atoms with Crippen LogP contribution < -0.4 is 11.1 Å². The van der Waals surface area contributed by atoms with Crippen LogP contribution in [0.5, 0.6) is 0 Å². The lowest BCUT2D eigenvalue weighted by molar-refractivity contribution is 0.279. The van der Waals surface area contributed by atoms with Crippen molar-refractivity contribution in [2.24, 2.45) is 5.73 Å². The van der Waals surface area contributed by atoms with E-state index in [-0.39, 0.29) is 0 Å². The van der Waals surface area contributed by atoms with Gasteiger partial charge in [0.05, 0.1) is 0 Å². The molecule has 16 heavy (non-hydrogen) atoms. The van der Waals surface area contributed by atoms with Crippen LogP contribution in [0, 0.1) is 0 Å². The fourth-order valence-corrected chi connectivity index (χ4v) is 4.05. The first-order valence-electron chi connectivity index (χ1n) is 6.82. The standard InChI is InChI=1S/C13H26N2S/c1-16-13-7-3-6-12(9-13)15-11-5-2-4-10(14)8-11/h10-13,15H,2-9,14H2,1H3. The third-order valence-electron chi connectivity index (χ3n) is 4.15. The largest absolute Gasteiger partial charge is 0.328 e. The van der Waals surface area contributed by atoms with E-state index in [1.165, 1.54) is 51.4 Å². The van der Waals surface area contributed by atoms with Gasteiger partial charge in [-0.25, -0.2) is 0 Å². The smallest absolute Gasteiger partial charge is 0.00844 e. The second kappa shape index (κ2) is 6.27. The summed E-state index contributed by atoms with van der Waals surface area (Å²) < 4.78 is 0. The zero-order chi connectivity index (χ0) is 11.4. The quantitative estimate of drug-likeness (QED) is 0.798. The van der Waals surface area contributed by atoms with E-state index in [1.54, 1.807) is 0 Å². The molecule has 2 fully saturated rings. The van der Waals surface area contributed by atoms with Gasteiger partial charge >= 0.3 is 0 Å². The Balaban J connectivity index is 1.75. The molecule has 0 heterocycles. The summed E-state index contributed by atoms with van der Waals surface area (Å²) in [7, 11) is 0. The van der Waals surface area contributed by atoms with Crippen LogP contribution >= 0.6 is 11.8 Å². The van der Waals surface area contributed by atoms with E-state index in [0.29, 0.717) is 12.1 Å². The highest BCUT2D eigenvalue weighted by atomic mass is 32.2. The average Bonchev–Trinajstić information content (AvgIpc) is 2.29. The molecule has 0 spiro atoms. The monoisotopic (exact) mass is 242 g/mol. The summed E-state index contributed by atoms with van der Waals surface area (Å²) in [5.41, 5.74) is 6.04. The van der Waals surface area contributed by atoms with Crippen LogP contribution in [0.2, 0.25) is 0 Å². The molecule has 0 radical (unpaired) electrons. The molecule has 0 bridgehead atoms. The van der Waals surface area contributed by atoms with E-state index < -0.39 is 0 Å². The minimum Gasteiger partial charge on any atom is -0.328 e. The molecule has 0 aromatic carbocycles. The van der Waals surface area contributed by atoms with Crippen LogP contribution in [0.3, 0.4) is 0 Å². The predicted molar refractivity (Wildman–Crippen MR) is 72.9 cm³/mol. The van der Waals surface area contributed by atoms with Gasteiger partial charge in [-0.3, -0.25) is 0 Å². The molecule has 0 saturated heterocycles. The van der Waals surface area contributed by atoms with Crippen molar-refractivity contribution in [3.05, 3.63) is 0 Å². The molecule has 3 heteroatoms. The SMILES string of the molecule is CSC1CCCC(NC2CCCC(N)C2)C1. The van der Waals surface area contributed by atoms with Crippen molar-refractivity contribution in [3.8, 4) is 0 Å². The predicted octanol–water partition coefficient (Wildman–Crippen LogP) is 2.52. The van der Waals surface area contributed by atoms with Gasteiger partial charge in [-0.1, -0.05) is 12.8 Å². The van der Waals surface area contributed by atoms with Crippen LogP contribution in [0.4, 0.5) is 0 Å². The number of nitrogens with two attached hydrogens (primary N) is 1. The molecule has 2 nitrogen and oxygen atoms in total. The first-order chi connectivity index (χ1) is 7.78. The minimum atomic E-state index is 0.450. The Morgan fingerprint density at radius 2 is 1.69 bits per heavy atom. The first-order valence-corrected chi connectivity index (χ1v) is 8.11. The second-order valence-corrected chi connectivity index (χ2v) is 6.65. The molecule has 4 atom stereocenters. The van der Waals surface area contributed by atoms with Crippen molar-refractivity contribution in [3.63, 3.8) is 0 Å². The molecule has 2 aliphatic carbocycles. The summed E-state index contributed by atoms with van der Waals surface area (Å²) in [6.45, 7) is 0. The maximum absolute atomic E-state index is 6.04. The maximum atomic E-state index is 6.04. The van der Waals surface area contributed by atoms with E-state index in [0.717, 1.165) is 11.3 Å². The number of rotatable bonds is 3. The number of hydrogen-bond donors (Lipinski definition) is 2. The van der Waals surface area contributed by atoms with Gasteiger partial charge in [0.15, 0.2) is 0 Å². The third kappa shape index (κ3) is 3.64. The van der Waals surface area contributed by atoms with Crippen molar-refractivity contribution in [2.75, 3.05) is 6.26 Å². The molecule has 4 unspecified atom stereocenters. The number of nitrogens with one attached hydrogen (secondary N) is 1. The summed E-state index contributed by atoms with van der Waals surface area (Å²) in [6.07, 6.45) is 12.9. The van der Waals surface area contributed by atoms with E-state index in [9.17, 15) is 0 Å². The molecule has 0 amide bonds. The second-order valence-electron chi connectivity index (χ2n) is 5.51. The van der Waals surface area contributed by atoms with Crippen LogP contribution in [-0.4, -0.2) is 29.6 Å². The summed E-state index contributed by atoms with van der Waals surface area (Å²) >= 11 is 2.05. The fraction of sp³-hybridized carbons (Fsp3) is 1.00. The zero-order valence-corrected chi connectivity index (χ0v) is 11.3. The summed E-state index contributed by atoms with van der Waals surface area (Å²) in [4.78, 5) is 0. The Bertz CT molecular complexity index is 210. The van der Waals surface area contributed by atoms with Crippen LogP contribution in [0.15, 0.2) is 0 Å². The molecule has 2 aliphatic rings. The zero-order valence-electron chi connectivity index (χ0n) is 10.5. The van der Waals surface area contributed by atoms with Gasteiger partial charge in [0.1, 0.15) is 0 Å². The van der Waals surface area contributed by atoms with Gasteiger partial charge in [0.2, 0.25) is 0 Å². The molecule has 2 saturated carbocycles. The Hall–Kier alpha value is 0.270. The van der Waals surface area contributed by atoms with Crippen LogP contribution in [-0.2, 0) is 0 Å². The summed E-state index contributed by atoms with van der Waals surface area (Å²) in [5, 5.41) is 4.75. The molecule has 0 aromatic heterocycles. The van der Waals surface area contributed by atoms with Crippen molar-refractivity contribution >= 4 is 11.8 Å². The van der Waals surface area contributed by atoms with E-state index in [4.69, 9.17) is 5.73 Å². The maximum Gasteiger partial charge on any atom is 0.00844 e. The number of thioether (sulfide) groups is 1. The van der Waals surface area contributed by atoms with E-state index in [1.807, 2.05) is 11.8 Å². The first kappa shape index (κ1) is 12.7. The van der Waals surface area contributed by atoms with Crippen LogP contribution in [0.25, 0.3) is 0 Å². The van der Waals surface area contributed by atoms with E-state index >= 15 is 0 Å². The van der Waals surface area contributed by atoms with Crippen molar-refractivity contribution in [1.29, 1.82) is 0 Å². The minimum absolute atomic E-state index is 0.450. The lowest BCUT2D eigenvalue weighted by atomic mass is 9.88. The van der Waals surface area contributed by atoms with Gasteiger partial charge in [-0.2, -0.15) is 11.8 Å². The highest BCUT2D eigenvalue weighted by molar-refractivity contribution is 7.99. The molecule has 2 rings (SSSR count). The molecule has 0 aliphatic heterocycles.